The van der Waals surface area contributed by atoms with Gasteiger partial charge in [-0.1, -0.05) is 100 Å². The summed E-state index contributed by atoms with van der Waals surface area (Å²) >= 11 is 0. The summed E-state index contributed by atoms with van der Waals surface area (Å²) < 4.78 is 0. The minimum absolute atomic E-state index is 0.154. The van der Waals surface area contributed by atoms with Crippen molar-refractivity contribution in [1.82, 2.24) is 20.4 Å². The van der Waals surface area contributed by atoms with Crippen molar-refractivity contribution in [3.8, 4) is 0 Å². The van der Waals surface area contributed by atoms with E-state index in [9.17, 15) is 0 Å². The molecule has 6 heteroatoms. The number of hydrogen-bond donors (Lipinski definition) is 0. The predicted molar refractivity (Wildman–Crippen MR) is 151 cm³/mol. The molecule has 0 saturated carbocycles. The highest BCUT2D eigenvalue weighted by Gasteiger charge is 2.39. The van der Waals surface area contributed by atoms with E-state index in [2.05, 4.69) is 155 Å². The Morgan fingerprint density at radius 3 is 0.895 bits per heavy atom. The fourth-order valence-electron chi connectivity index (χ4n) is 6.17. The Kier molecular flexibility index (Phi) is 4.73. The highest BCUT2D eigenvalue weighted by Crippen LogP contribution is 2.52. The molecule has 2 aliphatic rings. The Morgan fingerprint density at radius 1 is 0.395 bits per heavy atom. The second-order valence-electron chi connectivity index (χ2n) is 11.0. The van der Waals surface area contributed by atoms with E-state index in [0.29, 0.717) is 11.9 Å². The van der Waals surface area contributed by atoms with Crippen molar-refractivity contribution in [1.29, 1.82) is 0 Å². The van der Waals surface area contributed by atoms with Crippen LogP contribution in [-0.4, -0.2) is 20.4 Å². The second-order valence-corrected chi connectivity index (χ2v) is 11.0. The van der Waals surface area contributed by atoms with Gasteiger partial charge in [-0.15, -0.1) is 20.4 Å². The van der Waals surface area contributed by atoms with E-state index in [-0.39, 0.29) is 10.8 Å². The Bertz CT molecular complexity index is 1460. The minimum Gasteiger partial charge on any atom is -0.276 e. The molecule has 0 fully saturated rings. The van der Waals surface area contributed by atoms with E-state index in [1.807, 2.05) is 0 Å². The Labute approximate surface area is 222 Å². The van der Waals surface area contributed by atoms with Gasteiger partial charge in [0.05, 0.1) is 22.7 Å². The molecule has 1 aromatic heterocycles. The van der Waals surface area contributed by atoms with Crippen molar-refractivity contribution < 1.29 is 0 Å². The zero-order valence-corrected chi connectivity index (χ0v) is 21.9. The first-order valence-electron chi connectivity index (χ1n) is 12.9. The molecule has 0 saturated heterocycles. The quantitative estimate of drug-likeness (QED) is 0.252. The molecule has 0 unspecified atom stereocenters. The first-order valence-corrected chi connectivity index (χ1v) is 12.9. The standard InChI is InChI=1S/C32H28N6/c1-31(2)21-13-5-9-17-25(21)37(26-18-10-6-14-22(26)31)29-33-35-30(36-34-29)38-27-19-11-7-15-23(27)32(3,4)24-16-8-12-20-28(24)38/h5-20H,1-4H3. The Balaban J connectivity index is 1.37. The lowest BCUT2D eigenvalue weighted by molar-refractivity contribution is 0.626. The Hall–Kier alpha value is -4.58. The average Bonchev–Trinajstić information content (AvgIpc) is 2.94. The largest absolute Gasteiger partial charge is 0.276 e. The minimum atomic E-state index is -0.154. The highest BCUT2D eigenvalue weighted by atomic mass is 15.5. The van der Waals surface area contributed by atoms with Gasteiger partial charge < -0.3 is 0 Å². The van der Waals surface area contributed by atoms with Gasteiger partial charge in [0.15, 0.2) is 0 Å². The third kappa shape index (κ3) is 3.06. The van der Waals surface area contributed by atoms with Crippen LogP contribution in [0.1, 0.15) is 49.9 Å². The summed E-state index contributed by atoms with van der Waals surface area (Å²) in [5.74, 6) is 0.895. The molecule has 4 aromatic carbocycles. The van der Waals surface area contributed by atoms with E-state index >= 15 is 0 Å². The van der Waals surface area contributed by atoms with Gasteiger partial charge in [-0.25, -0.2) is 0 Å². The molecular formula is C32H28N6. The maximum Gasteiger partial charge on any atom is 0.273 e. The van der Waals surface area contributed by atoms with Crippen LogP contribution in [0.3, 0.4) is 0 Å². The molecule has 7 rings (SSSR count). The molecule has 0 bridgehead atoms. The van der Waals surface area contributed by atoms with Crippen LogP contribution >= 0.6 is 0 Å². The van der Waals surface area contributed by atoms with Crippen molar-refractivity contribution >= 4 is 34.6 Å². The second kappa shape index (κ2) is 7.96. The van der Waals surface area contributed by atoms with Crippen LogP contribution in [0, 0.1) is 0 Å². The molecule has 0 spiro atoms. The summed E-state index contributed by atoms with van der Waals surface area (Å²) in [6.45, 7) is 9.04. The summed E-state index contributed by atoms with van der Waals surface area (Å²) in [4.78, 5) is 4.14. The molecular weight excluding hydrogens is 468 g/mol. The number of hydrogen-bond acceptors (Lipinski definition) is 6. The lowest BCUT2D eigenvalue weighted by Crippen LogP contribution is -2.33. The maximum atomic E-state index is 4.67. The number of anilines is 6. The van der Waals surface area contributed by atoms with Gasteiger partial charge in [0.1, 0.15) is 0 Å². The van der Waals surface area contributed by atoms with Crippen molar-refractivity contribution in [2.45, 2.75) is 38.5 Å². The van der Waals surface area contributed by atoms with Gasteiger partial charge in [0.2, 0.25) is 0 Å². The fraction of sp³-hybridized carbons (Fsp3) is 0.188. The van der Waals surface area contributed by atoms with Crippen LogP contribution in [0.5, 0.6) is 0 Å². The summed E-state index contributed by atoms with van der Waals surface area (Å²) in [7, 11) is 0. The van der Waals surface area contributed by atoms with Crippen LogP contribution in [-0.2, 0) is 10.8 Å². The third-order valence-corrected chi connectivity index (χ3v) is 8.13. The first kappa shape index (κ1) is 22.6. The summed E-state index contributed by atoms with van der Waals surface area (Å²) in [6.07, 6.45) is 0. The van der Waals surface area contributed by atoms with Gasteiger partial charge >= 0.3 is 0 Å². The lowest BCUT2D eigenvalue weighted by atomic mass is 9.74. The molecule has 0 atom stereocenters. The first-order chi connectivity index (χ1) is 18.4. The number of benzene rings is 4. The van der Waals surface area contributed by atoms with Gasteiger partial charge in [0.25, 0.3) is 11.9 Å². The molecule has 2 aliphatic heterocycles. The van der Waals surface area contributed by atoms with Crippen molar-refractivity contribution in [3.05, 3.63) is 119 Å². The molecule has 0 amide bonds. The van der Waals surface area contributed by atoms with Gasteiger partial charge in [-0.3, -0.25) is 9.80 Å². The molecule has 186 valence electrons. The highest BCUT2D eigenvalue weighted by molar-refractivity contribution is 5.85. The Morgan fingerprint density at radius 2 is 0.632 bits per heavy atom. The van der Waals surface area contributed by atoms with E-state index < -0.39 is 0 Å². The average molecular weight is 497 g/mol. The molecule has 6 nitrogen and oxygen atoms in total. The number of aromatic nitrogens is 4. The van der Waals surface area contributed by atoms with Crippen LogP contribution in [0.4, 0.5) is 34.6 Å². The van der Waals surface area contributed by atoms with Crippen LogP contribution in [0.15, 0.2) is 97.1 Å². The molecule has 0 radical (unpaired) electrons. The number of para-hydroxylation sites is 4. The van der Waals surface area contributed by atoms with Gasteiger partial charge in [0, 0.05) is 10.8 Å². The third-order valence-electron chi connectivity index (χ3n) is 8.13. The van der Waals surface area contributed by atoms with Crippen molar-refractivity contribution in [2.75, 3.05) is 9.80 Å². The molecule has 5 aromatic rings. The summed E-state index contributed by atoms with van der Waals surface area (Å²) in [5, 5.41) is 18.7. The fourth-order valence-corrected chi connectivity index (χ4v) is 6.17. The maximum absolute atomic E-state index is 4.67. The zero-order valence-electron chi connectivity index (χ0n) is 21.9. The number of rotatable bonds is 2. The van der Waals surface area contributed by atoms with E-state index in [0.717, 1.165) is 22.7 Å². The number of nitrogens with zero attached hydrogens (tertiary/aromatic N) is 6. The van der Waals surface area contributed by atoms with Gasteiger partial charge in [-0.2, -0.15) is 0 Å². The van der Waals surface area contributed by atoms with E-state index in [1.54, 1.807) is 0 Å². The molecule has 38 heavy (non-hydrogen) atoms. The normalized spacial score (nSPS) is 16.2. The molecule has 0 N–H and O–H groups in total. The van der Waals surface area contributed by atoms with Gasteiger partial charge in [-0.05, 0) is 46.5 Å². The van der Waals surface area contributed by atoms with Crippen molar-refractivity contribution in [2.24, 2.45) is 0 Å². The lowest BCUT2D eigenvalue weighted by Gasteiger charge is -2.41. The topological polar surface area (TPSA) is 58.0 Å². The SMILES string of the molecule is CC1(C)c2ccccc2N(c2nnc(N3c4ccccc4C(C)(C)c4ccccc43)nn2)c2ccccc21. The number of fused-ring (bicyclic) bond motifs is 4. The van der Waals surface area contributed by atoms with E-state index in [4.69, 9.17) is 0 Å². The summed E-state index contributed by atoms with van der Waals surface area (Å²) in [6, 6.07) is 33.7. The van der Waals surface area contributed by atoms with Crippen LogP contribution < -0.4 is 9.80 Å². The van der Waals surface area contributed by atoms with Crippen LogP contribution in [0.25, 0.3) is 0 Å². The van der Waals surface area contributed by atoms with E-state index in [1.165, 1.54) is 22.3 Å². The zero-order chi connectivity index (χ0) is 26.1. The summed E-state index contributed by atoms with van der Waals surface area (Å²) in [5.41, 5.74) is 8.73. The molecule has 0 aliphatic carbocycles. The van der Waals surface area contributed by atoms with Crippen molar-refractivity contribution in [3.63, 3.8) is 0 Å². The smallest absolute Gasteiger partial charge is 0.273 e. The monoisotopic (exact) mass is 496 g/mol. The predicted octanol–water partition coefficient (Wildman–Crippen LogP) is 7.48. The van der Waals surface area contributed by atoms with Crippen LogP contribution in [0.2, 0.25) is 0 Å². The molecule has 3 heterocycles.